The number of rotatable bonds is 1. The zero-order valence-corrected chi connectivity index (χ0v) is 8.04. The first-order valence-electron chi connectivity index (χ1n) is 4.57. The van der Waals surface area contributed by atoms with E-state index in [1.165, 1.54) is 0 Å². The molecule has 0 aromatic heterocycles. The molecule has 0 aromatic rings. The van der Waals surface area contributed by atoms with E-state index in [0.717, 1.165) is 12.0 Å². The normalized spacial score (nSPS) is 42.5. The highest BCUT2D eigenvalue weighted by molar-refractivity contribution is 5.95. The first-order chi connectivity index (χ1) is 6.04. The molecule has 1 fully saturated rings. The summed E-state index contributed by atoms with van der Waals surface area (Å²) in [7, 11) is 0. The van der Waals surface area contributed by atoms with Gasteiger partial charge < -0.3 is 4.74 Å². The molecule has 2 heteroatoms. The summed E-state index contributed by atoms with van der Waals surface area (Å²) in [6, 6.07) is 0. The lowest BCUT2D eigenvalue weighted by Gasteiger charge is -2.28. The molecule has 0 spiro atoms. The first kappa shape index (κ1) is 8.70. The summed E-state index contributed by atoms with van der Waals surface area (Å²) < 4.78 is 5.59. The topological polar surface area (TPSA) is 26.3 Å². The van der Waals surface area contributed by atoms with Gasteiger partial charge in [-0.3, -0.25) is 4.79 Å². The zero-order valence-electron chi connectivity index (χ0n) is 8.04. The Morgan fingerprint density at radius 1 is 1.77 bits per heavy atom. The Kier molecular flexibility index (Phi) is 1.70. The molecule has 0 N–H and O–H groups in total. The van der Waals surface area contributed by atoms with E-state index in [1.54, 1.807) is 6.08 Å². The molecule has 3 unspecified atom stereocenters. The molecule has 2 rings (SSSR count). The van der Waals surface area contributed by atoms with Crippen LogP contribution in [0, 0.1) is 5.41 Å². The molecule has 2 bridgehead atoms. The van der Waals surface area contributed by atoms with Crippen molar-refractivity contribution in [1.29, 1.82) is 0 Å². The molecule has 2 nitrogen and oxygen atoms in total. The predicted octanol–water partition coefficient (Wildman–Crippen LogP) is 1.87. The molecule has 2 heterocycles. The van der Waals surface area contributed by atoms with Crippen molar-refractivity contribution in [3.8, 4) is 0 Å². The summed E-state index contributed by atoms with van der Waals surface area (Å²) in [5.41, 5.74) is 1.05. The third kappa shape index (κ3) is 1.09. The second kappa shape index (κ2) is 2.55. The fourth-order valence-corrected chi connectivity index (χ4v) is 2.01. The largest absolute Gasteiger partial charge is 0.362 e. The fraction of sp³-hybridized carbons (Fsp3) is 0.545. The highest BCUT2D eigenvalue weighted by atomic mass is 16.5. The molecule has 0 saturated carbocycles. The van der Waals surface area contributed by atoms with E-state index in [4.69, 9.17) is 4.74 Å². The second-order valence-electron chi connectivity index (χ2n) is 4.21. The fourth-order valence-electron chi connectivity index (χ4n) is 2.01. The Hall–Kier alpha value is -0.890. The summed E-state index contributed by atoms with van der Waals surface area (Å²) in [5, 5.41) is 0. The summed E-state index contributed by atoms with van der Waals surface area (Å²) in [6.07, 6.45) is 4.11. The van der Waals surface area contributed by atoms with Crippen molar-refractivity contribution >= 4 is 5.78 Å². The summed E-state index contributed by atoms with van der Waals surface area (Å²) in [5.74, 6) is 0.0984. The Morgan fingerprint density at radius 2 is 2.46 bits per heavy atom. The summed E-state index contributed by atoms with van der Waals surface area (Å²) in [4.78, 5) is 11.3. The minimum atomic E-state index is -0.225. The number of fused-ring (bicyclic) bond motifs is 2. The highest BCUT2D eigenvalue weighted by Gasteiger charge is 2.48. The van der Waals surface area contributed by atoms with Crippen LogP contribution in [0.2, 0.25) is 0 Å². The van der Waals surface area contributed by atoms with Crippen LogP contribution in [0.15, 0.2) is 24.3 Å². The van der Waals surface area contributed by atoms with Gasteiger partial charge in [0.1, 0.15) is 6.10 Å². The van der Waals surface area contributed by atoms with Gasteiger partial charge in [0.15, 0.2) is 5.78 Å². The van der Waals surface area contributed by atoms with Crippen molar-refractivity contribution in [3.05, 3.63) is 24.3 Å². The van der Waals surface area contributed by atoms with Gasteiger partial charge in [0, 0.05) is 5.41 Å². The van der Waals surface area contributed by atoms with Crippen molar-refractivity contribution < 1.29 is 9.53 Å². The van der Waals surface area contributed by atoms with Gasteiger partial charge in [-0.2, -0.15) is 0 Å². The van der Waals surface area contributed by atoms with Gasteiger partial charge in [0.05, 0.1) is 6.10 Å². The number of hydrogen-bond donors (Lipinski definition) is 0. The lowest BCUT2D eigenvalue weighted by atomic mass is 9.77. The van der Waals surface area contributed by atoms with Gasteiger partial charge in [-0.05, 0) is 19.4 Å². The molecule has 0 radical (unpaired) electrons. The van der Waals surface area contributed by atoms with Crippen LogP contribution < -0.4 is 0 Å². The summed E-state index contributed by atoms with van der Waals surface area (Å²) in [6.45, 7) is 8.09. The monoisotopic (exact) mass is 178 g/mol. The molecular weight excluding hydrogens is 164 g/mol. The number of ketones is 1. The predicted molar refractivity (Wildman–Crippen MR) is 50.3 cm³/mol. The molecule has 13 heavy (non-hydrogen) atoms. The van der Waals surface area contributed by atoms with Crippen LogP contribution in [0.3, 0.4) is 0 Å². The Morgan fingerprint density at radius 3 is 3.00 bits per heavy atom. The van der Waals surface area contributed by atoms with E-state index in [-0.39, 0.29) is 23.4 Å². The van der Waals surface area contributed by atoms with E-state index in [9.17, 15) is 4.79 Å². The lowest BCUT2D eigenvalue weighted by molar-refractivity contribution is -0.125. The number of carbonyl (C=O) groups is 1. The summed E-state index contributed by atoms with van der Waals surface area (Å²) >= 11 is 0. The SMILES string of the molecule is C=C(C)C1(C)CC2OC1C=CC2=O. The van der Waals surface area contributed by atoms with Crippen LogP contribution in [0.1, 0.15) is 20.3 Å². The van der Waals surface area contributed by atoms with Crippen LogP contribution in [0.5, 0.6) is 0 Å². The van der Waals surface area contributed by atoms with E-state index >= 15 is 0 Å². The van der Waals surface area contributed by atoms with Crippen molar-refractivity contribution in [1.82, 2.24) is 0 Å². The second-order valence-corrected chi connectivity index (χ2v) is 4.21. The Labute approximate surface area is 78.3 Å². The van der Waals surface area contributed by atoms with Crippen LogP contribution >= 0.6 is 0 Å². The minimum Gasteiger partial charge on any atom is -0.362 e. The van der Waals surface area contributed by atoms with E-state index in [1.807, 2.05) is 13.0 Å². The Bertz CT molecular complexity index is 303. The molecule has 0 amide bonds. The number of ether oxygens (including phenoxy) is 1. The molecule has 3 atom stereocenters. The van der Waals surface area contributed by atoms with Gasteiger partial charge in [-0.25, -0.2) is 0 Å². The lowest BCUT2D eigenvalue weighted by Crippen LogP contribution is -2.27. The third-order valence-corrected chi connectivity index (χ3v) is 3.28. The smallest absolute Gasteiger partial charge is 0.184 e. The number of carbonyl (C=O) groups excluding carboxylic acids is 1. The minimum absolute atomic E-state index is 0.0483. The molecule has 2 aliphatic heterocycles. The van der Waals surface area contributed by atoms with Gasteiger partial charge in [0.2, 0.25) is 0 Å². The molecular formula is C11H14O2. The quantitative estimate of drug-likeness (QED) is 0.573. The van der Waals surface area contributed by atoms with E-state index in [2.05, 4.69) is 13.5 Å². The number of hydrogen-bond acceptors (Lipinski definition) is 2. The maximum atomic E-state index is 11.3. The van der Waals surface area contributed by atoms with Crippen LogP contribution in [-0.2, 0) is 9.53 Å². The Balaban J connectivity index is 2.35. The van der Waals surface area contributed by atoms with Gasteiger partial charge >= 0.3 is 0 Å². The van der Waals surface area contributed by atoms with E-state index < -0.39 is 0 Å². The molecule has 2 aliphatic rings. The first-order valence-corrected chi connectivity index (χ1v) is 4.57. The molecule has 1 saturated heterocycles. The van der Waals surface area contributed by atoms with Crippen LogP contribution in [-0.4, -0.2) is 18.0 Å². The van der Waals surface area contributed by atoms with Gasteiger partial charge in [-0.1, -0.05) is 25.2 Å². The average Bonchev–Trinajstić information content (AvgIpc) is 2.35. The molecule has 0 aliphatic carbocycles. The van der Waals surface area contributed by atoms with E-state index in [0.29, 0.717) is 0 Å². The van der Waals surface area contributed by atoms with Crippen LogP contribution in [0.25, 0.3) is 0 Å². The van der Waals surface area contributed by atoms with Crippen molar-refractivity contribution in [2.75, 3.05) is 0 Å². The van der Waals surface area contributed by atoms with Crippen molar-refractivity contribution in [2.45, 2.75) is 32.5 Å². The van der Waals surface area contributed by atoms with Crippen molar-refractivity contribution in [2.24, 2.45) is 5.41 Å². The molecule has 0 aromatic carbocycles. The van der Waals surface area contributed by atoms with Gasteiger partial charge in [-0.15, -0.1) is 0 Å². The van der Waals surface area contributed by atoms with Gasteiger partial charge in [0.25, 0.3) is 0 Å². The van der Waals surface area contributed by atoms with Crippen molar-refractivity contribution in [3.63, 3.8) is 0 Å². The molecule has 70 valence electrons. The standard InChI is InChI=1S/C11H14O2/c1-7(2)11(3)6-9-8(12)4-5-10(11)13-9/h4-5,9-10H,1,6H2,2-3H3. The maximum Gasteiger partial charge on any atom is 0.184 e. The third-order valence-electron chi connectivity index (χ3n) is 3.28. The maximum absolute atomic E-state index is 11.3. The highest BCUT2D eigenvalue weighted by Crippen LogP contribution is 2.46. The zero-order chi connectivity index (χ0) is 9.64. The average molecular weight is 178 g/mol. The van der Waals surface area contributed by atoms with Crippen LogP contribution in [0.4, 0.5) is 0 Å².